The predicted octanol–water partition coefficient (Wildman–Crippen LogP) is 2.28. The van der Waals surface area contributed by atoms with Crippen LogP contribution in [0.3, 0.4) is 0 Å². The number of para-hydroxylation sites is 2. The van der Waals surface area contributed by atoms with Gasteiger partial charge in [0.15, 0.2) is 0 Å². The minimum absolute atomic E-state index is 0.0651. The van der Waals surface area contributed by atoms with Crippen LogP contribution in [0, 0.1) is 0 Å². The number of fused-ring (bicyclic) bond motifs is 2. The van der Waals surface area contributed by atoms with Crippen LogP contribution in [0.2, 0.25) is 0 Å². The molecule has 0 saturated heterocycles. The summed E-state index contributed by atoms with van der Waals surface area (Å²) >= 11 is 1.56. The SMILES string of the molecule is COc1cc(=O)n2c(c1C(=O)NCc1cccs1)CCN(C(=O)Cn1cnc3ccccc31)CC2. The maximum absolute atomic E-state index is 13.2. The topological polar surface area (TPSA) is 98.5 Å². The third kappa shape index (κ3) is 4.57. The lowest BCUT2D eigenvalue weighted by atomic mass is 10.1. The second kappa shape index (κ2) is 9.75. The fourth-order valence-electron chi connectivity index (χ4n) is 4.46. The molecule has 0 fully saturated rings. The van der Waals surface area contributed by atoms with Crippen molar-refractivity contribution >= 4 is 34.2 Å². The first-order valence-corrected chi connectivity index (χ1v) is 12.2. The van der Waals surface area contributed by atoms with Gasteiger partial charge in [-0.25, -0.2) is 4.98 Å². The van der Waals surface area contributed by atoms with E-state index >= 15 is 0 Å². The predicted molar refractivity (Wildman–Crippen MR) is 133 cm³/mol. The molecule has 0 bridgehead atoms. The number of benzene rings is 1. The zero-order valence-electron chi connectivity index (χ0n) is 19.3. The molecule has 0 radical (unpaired) electrons. The molecule has 1 aromatic carbocycles. The number of ether oxygens (including phenoxy) is 1. The number of carbonyl (C=O) groups is 2. The van der Waals surface area contributed by atoms with E-state index in [1.807, 2.05) is 46.3 Å². The van der Waals surface area contributed by atoms with Crippen molar-refractivity contribution in [2.75, 3.05) is 20.2 Å². The van der Waals surface area contributed by atoms with Crippen molar-refractivity contribution in [2.45, 2.75) is 26.1 Å². The van der Waals surface area contributed by atoms with E-state index in [-0.39, 0.29) is 29.7 Å². The molecule has 10 heteroatoms. The number of aromatic nitrogens is 3. The van der Waals surface area contributed by atoms with Gasteiger partial charge in [0.1, 0.15) is 17.9 Å². The number of nitrogens with one attached hydrogen (secondary N) is 1. The van der Waals surface area contributed by atoms with E-state index in [1.54, 1.807) is 27.1 Å². The van der Waals surface area contributed by atoms with Crippen molar-refractivity contribution < 1.29 is 14.3 Å². The second-order valence-electron chi connectivity index (χ2n) is 8.28. The molecule has 9 nitrogen and oxygen atoms in total. The number of methoxy groups -OCH3 is 1. The highest BCUT2D eigenvalue weighted by molar-refractivity contribution is 7.09. The molecule has 1 aliphatic heterocycles. The molecule has 4 aromatic rings. The Morgan fingerprint density at radius 2 is 2.00 bits per heavy atom. The summed E-state index contributed by atoms with van der Waals surface area (Å²) in [7, 11) is 1.45. The maximum Gasteiger partial charge on any atom is 0.257 e. The molecular formula is C25H25N5O4S. The molecule has 0 unspecified atom stereocenters. The van der Waals surface area contributed by atoms with Gasteiger partial charge in [0.2, 0.25) is 5.91 Å². The second-order valence-corrected chi connectivity index (χ2v) is 9.31. The van der Waals surface area contributed by atoms with Crippen LogP contribution in [-0.4, -0.2) is 51.0 Å². The van der Waals surface area contributed by atoms with E-state index in [2.05, 4.69) is 10.3 Å². The number of amides is 2. The Hall–Kier alpha value is -3.92. The van der Waals surface area contributed by atoms with Gasteiger partial charge in [-0.05, 0) is 23.6 Å². The quantitative estimate of drug-likeness (QED) is 0.446. The van der Waals surface area contributed by atoms with Gasteiger partial charge < -0.3 is 24.1 Å². The third-order valence-corrected chi connectivity index (χ3v) is 7.11. The Labute approximate surface area is 205 Å². The highest BCUT2D eigenvalue weighted by Gasteiger charge is 2.27. The van der Waals surface area contributed by atoms with Crippen molar-refractivity contribution in [3.8, 4) is 5.75 Å². The van der Waals surface area contributed by atoms with E-state index in [0.717, 1.165) is 15.9 Å². The van der Waals surface area contributed by atoms with Gasteiger partial charge in [-0.2, -0.15) is 0 Å². The van der Waals surface area contributed by atoms with Crippen molar-refractivity contribution in [3.05, 3.63) is 80.7 Å². The van der Waals surface area contributed by atoms with Crippen LogP contribution >= 0.6 is 11.3 Å². The number of nitrogens with zero attached hydrogens (tertiary/aromatic N) is 4. The molecule has 0 spiro atoms. The van der Waals surface area contributed by atoms with E-state index in [0.29, 0.717) is 43.9 Å². The average Bonchev–Trinajstić information content (AvgIpc) is 3.47. The third-order valence-electron chi connectivity index (χ3n) is 6.23. The van der Waals surface area contributed by atoms with Crippen molar-refractivity contribution in [2.24, 2.45) is 0 Å². The Morgan fingerprint density at radius 3 is 2.80 bits per heavy atom. The smallest absolute Gasteiger partial charge is 0.257 e. The van der Waals surface area contributed by atoms with Gasteiger partial charge in [0.05, 0.1) is 31.0 Å². The van der Waals surface area contributed by atoms with Crippen molar-refractivity contribution in [1.29, 1.82) is 0 Å². The van der Waals surface area contributed by atoms with Crippen molar-refractivity contribution in [3.63, 3.8) is 0 Å². The molecule has 1 aliphatic rings. The van der Waals surface area contributed by atoms with E-state index < -0.39 is 0 Å². The first-order valence-electron chi connectivity index (χ1n) is 11.3. The largest absolute Gasteiger partial charge is 0.496 e. The summed E-state index contributed by atoms with van der Waals surface area (Å²) in [6.45, 7) is 1.62. The molecular weight excluding hydrogens is 466 g/mol. The lowest BCUT2D eigenvalue weighted by Gasteiger charge is -2.20. The highest BCUT2D eigenvalue weighted by atomic mass is 32.1. The number of pyridine rings is 1. The molecule has 5 rings (SSSR count). The summed E-state index contributed by atoms with van der Waals surface area (Å²) in [5.74, 6) is -0.122. The van der Waals surface area contributed by atoms with Crippen LogP contribution in [0.25, 0.3) is 11.0 Å². The van der Waals surface area contributed by atoms with E-state index in [1.165, 1.54) is 13.2 Å². The number of hydrogen-bond acceptors (Lipinski definition) is 6. The zero-order chi connectivity index (χ0) is 24.4. The van der Waals surface area contributed by atoms with Gasteiger partial charge in [0.25, 0.3) is 11.5 Å². The lowest BCUT2D eigenvalue weighted by molar-refractivity contribution is -0.131. The van der Waals surface area contributed by atoms with Gasteiger partial charge >= 0.3 is 0 Å². The van der Waals surface area contributed by atoms with Crippen LogP contribution in [0.5, 0.6) is 5.75 Å². The average molecular weight is 492 g/mol. The number of thiophene rings is 1. The summed E-state index contributed by atoms with van der Waals surface area (Å²) in [5, 5.41) is 4.88. The molecule has 4 heterocycles. The Kier molecular flexibility index (Phi) is 6.37. The fourth-order valence-corrected chi connectivity index (χ4v) is 5.10. The summed E-state index contributed by atoms with van der Waals surface area (Å²) < 4.78 is 8.83. The number of carbonyl (C=O) groups excluding carboxylic acids is 2. The monoisotopic (exact) mass is 491 g/mol. The number of hydrogen-bond donors (Lipinski definition) is 1. The minimum atomic E-state index is -0.302. The Balaban J connectivity index is 1.37. The molecule has 3 aromatic heterocycles. The van der Waals surface area contributed by atoms with Crippen molar-refractivity contribution in [1.82, 2.24) is 24.3 Å². The fraction of sp³-hybridized carbons (Fsp3) is 0.280. The molecule has 0 atom stereocenters. The normalized spacial score (nSPS) is 13.3. The molecule has 35 heavy (non-hydrogen) atoms. The summed E-state index contributed by atoms with van der Waals surface area (Å²) in [4.78, 5) is 46.3. The molecule has 1 N–H and O–H groups in total. The van der Waals surface area contributed by atoms with Crippen LogP contribution in [0.15, 0.2) is 59.0 Å². The summed E-state index contributed by atoms with van der Waals surface area (Å²) in [5.41, 5.74) is 2.41. The molecule has 2 amide bonds. The van der Waals surface area contributed by atoms with Gasteiger partial charge in [-0.15, -0.1) is 11.3 Å². The van der Waals surface area contributed by atoms with Crippen LogP contribution in [0.1, 0.15) is 20.9 Å². The number of rotatable bonds is 6. The first kappa shape index (κ1) is 22.9. The van der Waals surface area contributed by atoms with E-state index in [4.69, 9.17) is 4.74 Å². The van der Waals surface area contributed by atoms with Gasteiger partial charge in [-0.3, -0.25) is 14.4 Å². The lowest BCUT2D eigenvalue weighted by Crippen LogP contribution is -2.36. The maximum atomic E-state index is 13.2. The summed E-state index contributed by atoms with van der Waals surface area (Å²) in [6, 6.07) is 12.9. The minimum Gasteiger partial charge on any atom is -0.496 e. The molecule has 0 aliphatic carbocycles. The Bertz CT molecular complexity index is 1440. The standard InChI is InChI=1S/C25H25N5O4S/c1-34-21-13-22(31)30-11-10-28(23(32)15-29-16-27-18-6-2-3-7-19(18)29)9-8-20(30)24(21)25(33)26-14-17-5-4-12-35-17/h2-7,12-13,16H,8-11,14-15H2,1H3,(H,26,33). The highest BCUT2D eigenvalue weighted by Crippen LogP contribution is 2.23. The summed E-state index contributed by atoms with van der Waals surface area (Å²) in [6.07, 6.45) is 2.03. The number of imidazole rings is 1. The Morgan fingerprint density at radius 1 is 1.14 bits per heavy atom. The molecule has 0 saturated carbocycles. The van der Waals surface area contributed by atoms with E-state index in [9.17, 15) is 14.4 Å². The van der Waals surface area contributed by atoms with Gasteiger partial charge in [0, 0.05) is 42.7 Å². The first-order chi connectivity index (χ1) is 17.0. The van der Waals surface area contributed by atoms with Crippen LogP contribution in [-0.2, 0) is 30.8 Å². The molecule has 180 valence electrons. The zero-order valence-corrected chi connectivity index (χ0v) is 20.1. The van der Waals surface area contributed by atoms with Crippen LogP contribution in [0.4, 0.5) is 0 Å². The van der Waals surface area contributed by atoms with Crippen LogP contribution < -0.4 is 15.6 Å². The van der Waals surface area contributed by atoms with Gasteiger partial charge in [-0.1, -0.05) is 18.2 Å².